The number of hydrogen-bond acceptors (Lipinski definition) is 2. The molecule has 15 heavy (non-hydrogen) atoms. The number of thiocarbonyl (C=S) groups is 1. The van der Waals surface area contributed by atoms with Crippen LogP contribution in [0.25, 0.3) is 0 Å². The molecule has 0 aromatic rings. The summed E-state index contributed by atoms with van der Waals surface area (Å²) in [6.07, 6.45) is 9.06. The third-order valence-corrected chi connectivity index (χ3v) is 3.58. The minimum Gasteiger partial charge on any atom is -0.299 e. The summed E-state index contributed by atoms with van der Waals surface area (Å²) in [6.45, 7) is 4.09. The zero-order valence-corrected chi connectivity index (χ0v) is 10.5. The Morgan fingerprint density at radius 2 is 2.40 bits per heavy atom. The first-order valence-electron chi connectivity index (χ1n) is 5.87. The molecule has 0 spiro atoms. The molecule has 2 unspecified atom stereocenters. The first-order valence-corrected chi connectivity index (χ1v) is 6.28. The van der Waals surface area contributed by atoms with Crippen molar-refractivity contribution in [3.63, 3.8) is 0 Å². The predicted molar refractivity (Wildman–Crippen MR) is 68.2 cm³/mol. The van der Waals surface area contributed by atoms with Gasteiger partial charge in [-0.05, 0) is 31.6 Å². The summed E-state index contributed by atoms with van der Waals surface area (Å²) in [5, 5.41) is 0. The highest BCUT2D eigenvalue weighted by Crippen LogP contribution is 2.21. The molecule has 0 amide bonds. The lowest BCUT2D eigenvalue weighted by Gasteiger charge is -2.17. The van der Waals surface area contributed by atoms with Crippen LogP contribution in [0.1, 0.15) is 46.0 Å². The molecule has 1 aliphatic rings. The molecular weight excluding hydrogens is 204 g/mol. The quantitative estimate of drug-likeness (QED) is 0.662. The van der Waals surface area contributed by atoms with Gasteiger partial charge >= 0.3 is 0 Å². The molecule has 0 saturated heterocycles. The van der Waals surface area contributed by atoms with Crippen molar-refractivity contribution in [2.24, 2.45) is 11.8 Å². The van der Waals surface area contributed by atoms with Gasteiger partial charge in [0.25, 0.3) is 0 Å². The van der Waals surface area contributed by atoms with E-state index in [0.717, 1.165) is 37.0 Å². The molecule has 0 aromatic heterocycles. The summed E-state index contributed by atoms with van der Waals surface area (Å²) in [5.74, 6) is 1.22. The highest BCUT2D eigenvalue weighted by atomic mass is 32.1. The molecule has 1 aliphatic carbocycles. The molecule has 2 heteroatoms. The van der Waals surface area contributed by atoms with Gasteiger partial charge in [-0.15, -0.1) is 0 Å². The molecule has 84 valence electrons. The minimum atomic E-state index is 0.235. The van der Waals surface area contributed by atoms with Crippen LogP contribution in [0, 0.1) is 11.8 Å². The molecule has 0 fully saturated rings. The highest BCUT2D eigenvalue weighted by molar-refractivity contribution is 7.80. The summed E-state index contributed by atoms with van der Waals surface area (Å²) in [4.78, 5) is 12.7. The van der Waals surface area contributed by atoms with Gasteiger partial charge in [0.2, 0.25) is 0 Å². The van der Waals surface area contributed by atoms with Crippen molar-refractivity contribution in [1.82, 2.24) is 0 Å². The van der Waals surface area contributed by atoms with Gasteiger partial charge in [0, 0.05) is 17.2 Å². The number of rotatable bonds is 5. The Morgan fingerprint density at radius 3 is 2.93 bits per heavy atom. The fourth-order valence-electron chi connectivity index (χ4n) is 1.79. The highest BCUT2D eigenvalue weighted by Gasteiger charge is 2.15. The van der Waals surface area contributed by atoms with Crippen molar-refractivity contribution in [2.75, 3.05) is 0 Å². The number of carbonyl (C=O) groups is 1. The van der Waals surface area contributed by atoms with Crippen molar-refractivity contribution < 1.29 is 4.79 Å². The topological polar surface area (TPSA) is 17.1 Å². The standard InChI is InChI=1S/C13H20OS/c1-3-10(2)13(14)9-6-11-4-7-12(15)8-5-11/h4,7,10-11H,3,5-6,8-9H2,1-2H3. The SMILES string of the molecule is CCC(C)C(=O)CCC1C=CC(=S)CC1. The molecule has 0 radical (unpaired) electrons. The van der Waals surface area contributed by atoms with E-state index in [2.05, 4.69) is 13.0 Å². The van der Waals surface area contributed by atoms with Crippen molar-refractivity contribution in [3.05, 3.63) is 12.2 Å². The van der Waals surface area contributed by atoms with Gasteiger partial charge < -0.3 is 0 Å². The zero-order chi connectivity index (χ0) is 11.3. The van der Waals surface area contributed by atoms with Crippen molar-refractivity contribution >= 4 is 22.9 Å². The van der Waals surface area contributed by atoms with Gasteiger partial charge in [0.15, 0.2) is 0 Å². The predicted octanol–water partition coefficient (Wildman–Crippen LogP) is 3.72. The fraction of sp³-hybridized carbons (Fsp3) is 0.692. The Bertz CT molecular complexity index is 268. The monoisotopic (exact) mass is 224 g/mol. The molecule has 0 bridgehead atoms. The maximum Gasteiger partial charge on any atom is 0.135 e. The number of ketones is 1. The molecule has 0 heterocycles. The van der Waals surface area contributed by atoms with Crippen LogP contribution in [0.5, 0.6) is 0 Å². The Labute approximate surface area is 97.9 Å². The third-order valence-electron chi connectivity index (χ3n) is 3.24. The first-order chi connectivity index (χ1) is 7.13. The molecule has 1 rings (SSSR count). The minimum absolute atomic E-state index is 0.235. The second kappa shape index (κ2) is 6.16. The lowest BCUT2D eigenvalue weighted by molar-refractivity contribution is -0.122. The Kier molecular flexibility index (Phi) is 5.16. The number of carbonyl (C=O) groups excluding carboxylic acids is 1. The summed E-state index contributed by atoms with van der Waals surface area (Å²) in [6, 6.07) is 0. The molecule has 1 nitrogen and oxygen atoms in total. The molecule has 0 aliphatic heterocycles. The van der Waals surface area contributed by atoms with Crippen LogP contribution in [0.2, 0.25) is 0 Å². The summed E-state index contributed by atoms with van der Waals surface area (Å²) < 4.78 is 0. The van der Waals surface area contributed by atoms with E-state index in [1.807, 2.05) is 13.0 Å². The van der Waals surface area contributed by atoms with Crippen molar-refractivity contribution in [1.29, 1.82) is 0 Å². The van der Waals surface area contributed by atoms with Gasteiger partial charge in [-0.1, -0.05) is 38.2 Å². The first kappa shape index (κ1) is 12.6. The van der Waals surface area contributed by atoms with Crippen LogP contribution < -0.4 is 0 Å². The van der Waals surface area contributed by atoms with Gasteiger partial charge in [0.05, 0.1) is 0 Å². The molecule has 0 aromatic carbocycles. The summed E-state index contributed by atoms with van der Waals surface area (Å²) in [5.41, 5.74) is 0. The largest absolute Gasteiger partial charge is 0.299 e. The van der Waals surface area contributed by atoms with E-state index in [-0.39, 0.29) is 5.92 Å². The van der Waals surface area contributed by atoms with E-state index >= 15 is 0 Å². The van der Waals surface area contributed by atoms with Gasteiger partial charge in [-0.2, -0.15) is 0 Å². The van der Waals surface area contributed by atoms with Crippen LogP contribution in [-0.2, 0) is 4.79 Å². The third kappa shape index (κ3) is 4.25. The lowest BCUT2D eigenvalue weighted by Crippen LogP contribution is -2.13. The normalized spacial score (nSPS) is 22.8. The van der Waals surface area contributed by atoms with Crippen molar-refractivity contribution in [2.45, 2.75) is 46.0 Å². The van der Waals surface area contributed by atoms with Gasteiger partial charge in [-0.3, -0.25) is 4.79 Å². The van der Waals surface area contributed by atoms with Gasteiger partial charge in [-0.25, -0.2) is 0 Å². The smallest absolute Gasteiger partial charge is 0.135 e. The van der Waals surface area contributed by atoms with Crippen LogP contribution in [-0.4, -0.2) is 10.6 Å². The van der Waals surface area contributed by atoms with E-state index in [9.17, 15) is 4.79 Å². The number of allylic oxidation sites excluding steroid dienone is 2. The maximum absolute atomic E-state index is 11.6. The van der Waals surface area contributed by atoms with E-state index < -0.39 is 0 Å². The van der Waals surface area contributed by atoms with Crippen LogP contribution in [0.3, 0.4) is 0 Å². The molecular formula is C13H20OS. The Hall–Kier alpha value is -0.500. The van der Waals surface area contributed by atoms with E-state index in [1.165, 1.54) is 0 Å². The maximum atomic E-state index is 11.6. The lowest BCUT2D eigenvalue weighted by atomic mass is 9.89. The summed E-state index contributed by atoms with van der Waals surface area (Å²) in [7, 11) is 0. The average molecular weight is 224 g/mol. The van der Waals surface area contributed by atoms with E-state index in [4.69, 9.17) is 12.2 Å². The van der Waals surface area contributed by atoms with E-state index in [1.54, 1.807) is 0 Å². The zero-order valence-electron chi connectivity index (χ0n) is 9.66. The number of hydrogen-bond donors (Lipinski definition) is 0. The van der Waals surface area contributed by atoms with Crippen molar-refractivity contribution in [3.8, 4) is 0 Å². The number of Topliss-reactive ketones (excluding diaryl/α,β-unsaturated/α-hetero) is 1. The van der Waals surface area contributed by atoms with Gasteiger partial charge in [0.1, 0.15) is 5.78 Å². The average Bonchev–Trinajstić information content (AvgIpc) is 2.26. The summed E-state index contributed by atoms with van der Waals surface area (Å²) >= 11 is 5.10. The molecule has 0 N–H and O–H groups in total. The second-order valence-corrected chi connectivity index (χ2v) is 4.96. The Morgan fingerprint density at radius 1 is 1.67 bits per heavy atom. The fourth-order valence-corrected chi connectivity index (χ4v) is 1.99. The molecule has 0 saturated carbocycles. The van der Waals surface area contributed by atoms with Crippen LogP contribution >= 0.6 is 12.2 Å². The van der Waals surface area contributed by atoms with E-state index in [0.29, 0.717) is 11.7 Å². The molecule has 2 atom stereocenters. The van der Waals surface area contributed by atoms with Crippen LogP contribution in [0.15, 0.2) is 12.2 Å². The Balaban J connectivity index is 2.29. The van der Waals surface area contributed by atoms with Crippen LogP contribution in [0.4, 0.5) is 0 Å². The second-order valence-electron chi connectivity index (χ2n) is 4.44.